The molecule has 0 radical (unpaired) electrons. The molecule has 1 aromatic rings. The quantitative estimate of drug-likeness (QED) is 0.744. The summed E-state index contributed by atoms with van der Waals surface area (Å²) in [7, 11) is 0. The van der Waals surface area contributed by atoms with E-state index in [9.17, 15) is 4.79 Å². The van der Waals surface area contributed by atoms with Gasteiger partial charge in [-0.05, 0) is 64.0 Å². The molecule has 1 saturated heterocycles. The lowest BCUT2D eigenvalue weighted by atomic mass is 10.0. The molecule has 2 rings (SSSR count). The molecule has 0 spiro atoms. The maximum atomic E-state index is 13.3. The zero-order valence-electron chi connectivity index (χ0n) is 16.0. The first-order valence-corrected chi connectivity index (χ1v) is 9.77. The van der Waals surface area contributed by atoms with Crippen molar-refractivity contribution in [1.82, 2.24) is 0 Å². The van der Waals surface area contributed by atoms with E-state index in [2.05, 4.69) is 51.2 Å². The number of aryl methyl sites for hydroxylation is 2. The van der Waals surface area contributed by atoms with E-state index in [1.54, 1.807) is 0 Å². The summed E-state index contributed by atoms with van der Waals surface area (Å²) < 4.78 is 0.977. The molecule has 134 valence electrons. The number of hydrogen-bond donors (Lipinski definition) is 1. The van der Waals surface area contributed by atoms with E-state index >= 15 is 0 Å². The second-order valence-electron chi connectivity index (χ2n) is 7.46. The summed E-state index contributed by atoms with van der Waals surface area (Å²) in [6, 6.07) is 6.29. The summed E-state index contributed by atoms with van der Waals surface area (Å²) in [4.78, 5) is 13.3. The Kier molecular flexibility index (Phi) is 6.85. The van der Waals surface area contributed by atoms with Crippen LogP contribution in [0.5, 0.6) is 0 Å². The third-order valence-electron chi connectivity index (χ3n) is 5.84. The molecule has 0 aromatic heterocycles. The molecule has 1 aliphatic heterocycles. The number of amides is 1. The molecule has 1 amide bonds. The smallest absolute Gasteiger partial charge is 0.282 e. The number of nitrogens with one attached hydrogen (secondary N) is 1. The standard InChI is InChI=1S/C21H34N2O/c1-5-12-19(23(6-2)15-9-7-8-10-16-23)21(24)22-20-17(3)13-11-14-18(20)4/h11,13-14,19H,5-10,12,15-16H2,1-4H3/p+1. The van der Waals surface area contributed by atoms with Crippen molar-refractivity contribution in [2.45, 2.75) is 72.3 Å². The molecule has 0 bridgehead atoms. The Morgan fingerprint density at radius 2 is 1.67 bits per heavy atom. The van der Waals surface area contributed by atoms with Crippen LogP contribution in [0.4, 0.5) is 5.69 Å². The average molecular weight is 332 g/mol. The number of para-hydroxylation sites is 1. The lowest BCUT2D eigenvalue weighted by molar-refractivity contribution is -0.940. The molecule has 1 N–H and O–H groups in total. The Balaban J connectivity index is 2.26. The lowest BCUT2D eigenvalue weighted by Crippen LogP contribution is -2.60. The summed E-state index contributed by atoms with van der Waals surface area (Å²) in [6.07, 6.45) is 7.18. The van der Waals surface area contributed by atoms with Crippen LogP contribution in [-0.4, -0.2) is 36.1 Å². The SMILES string of the molecule is CCCC(C(=O)Nc1c(C)cccc1C)[N+]1(CC)CCCCCC1. The van der Waals surface area contributed by atoms with Gasteiger partial charge >= 0.3 is 0 Å². The highest BCUT2D eigenvalue weighted by Gasteiger charge is 2.40. The normalized spacial score (nSPS) is 18.7. The number of carbonyl (C=O) groups is 1. The van der Waals surface area contributed by atoms with Crippen LogP contribution in [0.15, 0.2) is 18.2 Å². The Morgan fingerprint density at radius 1 is 1.08 bits per heavy atom. The summed E-state index contributed by atoms with van der Waals surface area (Å²) in [6.45, 7) is 12.0. The van der Waals surface area contributed by atoms with Gasteiger partial charge in [0.1, 0.15) is 0 Å². The topological polar surface area (TPSA) is 29.1 Å². The van der Waals surface area contributed by atoms with Gasteiger partial charge in [-0.3, -0.25) is 4.79 Å². The summed E-state index contributed by atoms with van der Waals surface area (Å²) in [5.74, 6) is 0.220. The van der Waals surface area contributed by atoms with Crippen LogP contribution in [0.25, 0.3) is 0 Å². The van der Waals surface area contributed by atoms with Crippen LogP contribution in [0.3, 0.4) is 0 Å². The summed E-state index contributed by atoms with van der Waals surface area (Å²) >= 11 is 0. The van der Waals surface area contributed by atoms with Crippen LogP contribution in [0.2, 0.25) is 0 Å². The highest BCUT2D eigenvalue weighted by Crippen LogP contribution is 2.27. The van der Waals surface area contributed by atoms with E-state index in [1.165, 1.54) is 25.7 Å². The summed E-state index contributed by atoms with van der Waals surface area (Å²) in [5, 5.41) is 3.29. The Hall–Kier alpha value is -1.35. The molecule has 1 heterocycles. The van der Waals surface area contributed by atoms with E-state index in [0.29, 0.717) is 0 Å². The molecule has 1 unspecified atom stereocenters. The second kappa shape index (κ2) is 8.66. The molecule has 0 saturated carbocycles. The minimum absolute atomic E-state index is 0.0807. The van der Waals surface area contributed by atoms with Crippen molar-refractivity contribution in [3.63, 3.8) is 0 Å². The minimum Gasteiger partial charge on any atom is -0.320 e. The van der Waals surface area contributed by atoms with Gasteiger partial charge in [0.2, 0.25) is 0 Å². The Morgan fingerprint density at radius 3 is 2.17 bits per heavy atom. The number of benzene rings is 1. The van der Waals surface area contributed by atoms with Crippen molar-refractivity contribution in [2.75, 3.05) is 25.0 Å². The number of anilines is 1. The average Bonchev–Trinajstić information content (AvgIpc) is 2.82. The van der Waals surface area contributed by atoms with E-state index in [0.717, 1.165) is 53.8 Å². The van der Waals surface area contributed by atoms with Crippen molar-refractivity contribution in [3.8, 4) is 0 Å². The van der Waals surface area contributed by atoms with Gasteiger partial charge in [-0.1, -0.05) is 25.1 Å². The summed E-state index contributed by atoms with van der Waals surface area (Å²) in [5.41, 5.74) is 3.31. The number of nitrogens with zero attached hydrogens (tertiary/aromatic N) is 1. The first-order chi connectivity index (χ1) is 11.5. The highest BCUT2D eigenvalue weighted by molar-refractivity contribution is 5.95. The van der Waals surface area contributed by atoms with Crippen molar-refractivity contribution >= 4 is 11.6 Å². The third kappa shape index (κ3) is 4.18. The van der Waals surface area contributed by atoms with Crippen molar-refractivity contribution in [3.05, 3.63) is 29.3 Å². The van der Waals surface area contributed by atoms with Crippen LogP contribution in [-0.2, 0) is 4.79 Å². The van der Waals surface area contributed by atoms with Gasteiger partial charge in [0.15, 0.2) is 6.04 Å². The molecular weight excluding hydrogens is 296 g/mol. The molecule has 3 heteroatoms. The highest BCUT2D eigenvalue weighted by atomic mass is 16.2. The van der Waals surface area contributed by atoms with Crippen LogP contribution < -0.4 is 5.32 Å². The molecule has 0 aliphatic carbocycles. The largest absolute Gasteiger partial charge is 0.320 e. The maximum Gasteiger partial charge on any atom is 0.282 e. The van der Waals surface area contributed by atoms with E-state index in [4.69, 9.17) is 0 Å². The van der Waals surface area contributed by atoms with Gasteiger partial charge in [-0.15, -0.1) is 0 Å². The molecule has 3 nitrogen and oxygen atoms in total. The van der Waals surface area contributed by atoms with Gasteiger partial charge in [-0.2, -0.15) is 0 Å². The van der Waals surface area contributed by atoms with Crippen LogP contribution >= 0.6 is 0 Å². The first-order valence-electron chi connectivity index (χ1n) is 9.77. The van der Waals surface area contributed by atoms with Crippen molar-refractivity contribution < 1.29 is 9.28 Å². The van der Waals surface area contributed by atoms with Crippen molar-refractivity contribution in [2.24, 2.45) is 0 Å². The van der Waals surface area contributed by atoms with E-state index < -0.39 is 0 Å². The van der Waals surface area contributed by atoms with Gasteiger partial charge in [0.25, 0.3) is 5.91 Å². The Bertz CT molecular complexity index is 525. The number of quaternary nitrogens is 1. The second-order valence-corrected chi connectivity index (χ2v) is 7.46. The van der Waals surface area contributed by atoms with Gasteiger partial charge < -0.3 is 9.80 Å². The zero-order chi connectivity index (χ0) is 17.6. The predicted octanol–water partition coefficient (Wildman–Crippen LogP) is 4.82. The number of carbonyl (C=O) groups excluding carboxylic acids is 1. The first kappa shape index (κ1) is 19.0. The van der Waals surface area contributed by atoms with Crippen LogP contribution in [0, 0.1) is 13.8 Å². The number of rotatable bonds is 6. The number of likely N-dealkylation sites (tertiary alicyclic amines) is 1. The fourth-order valence-electron chi connectivity index (χ4n) is 4.31. The fraction of sp³-hybridized carbons (Fsp3) is 0.667. The van der Waals surface area contributed by atoms with Gasteiger partial charge in [0.05, 0.1) is 19.6 Å². The monoisotopic (exact) mass is 331 g/mol. The molecule has 1 atom stereocenters. The molecule has 1 aliphatic rings. The van der Waals surface area contributed by atoms with E-state index in [-0.39, 0.29) is 11.9 Å². The Labute approximate surface area is 148 Å². The van der Waals surface area contributed by atoms with Gasteiger partial charge in [0, 0.05) is 12.1 Å². The van der Waals surface area contributed by atoms with Gasteiger partial charge in [-0.25, -0.2) is 0 Å². The van der Waals surface area contributed by atoms with Crippen molar-refractivity contribution in [1.29, 1.82) is 0 Å². The molecular formula is C21H35N2O+. The maximum absolute atomic E-state index is 13.3. The number of likely N-dealkylation sites (N-methyl/N-ethyl adjacent to an activating group) is 1. The fourth-order valence-corrected chi connectivity index (χ4v) is 4.31. The van der Waals surface area contributed by atoms with Crippen LogP contribution in [0.1, 0.15) is 63.5 Å². The number of hydrogen-bond acceptors (Lipinski definition) is 1. The molecule has 1 fully saturated rings. The lowest BCUT2D eigenvalue weighted by Gasteiger charge is -2.43. The predicted molar refractivity (Wildman–Crippen MR) is 102 cm³/mol. The molecule has 1 aromatic carbocycles. The zero-order valence-corrected chi connectivity index (χ0v) is 16.0. The minimum atomic E-state index is 0.0807. The van der Waals surface area contributed by atoms with E-state index in [1.807, 2.05) is 0 Å². The third-order valence-corrected chi connectivity index (χ3v) is 5.84. The molecule has 24 heavy (non-hydrogen) atoms.